The number of aliphatic carboxylic acids is 1. The lowest BCUT2D eigenvalue weighted by molar-refractivity contribution is -0.137. The zero-order valence-electron chi connectivity index (χ0n) is 13.9. The minimum absolute atomic E-state index is 0.0766. The number of halogens is 1. The van der Waals surface area contributed by atoms with Crippen LogP contribution in [0.15, 0.2) is 48.5 Å². The van der Waals surface area contributed by atoms with Crippen LogP contribution in [0.4, 0.5) is 4.39 Å². The van der Waals surface area contributed by atoms with Gasteiger partial charge in [0.25, 0.3) is 0 Å². The van der Waals surface area contributed by atoms with Crippen LogP contribution in [0.1, 0.15) is 30.0 Å². The molecule has 2 rings (SSSR count). The van der Waals surface area contributed by atoms with Crippen LogP contribution in [-0.4, -0.2) is 24.1 Å². The third-order valence-corrected chi connectivity index (χ3v) is 3.81. The minimum Gasteiger partial charge on any atom is -0.497 e. The molecule has 0 heterocycles. The highest BCUT2D eigenvalue weighted by atomic mass is 19.1. The molecule has 0 bridgehead atoms. The highest BCUT2D eigenvalue weighted by Crippen LogP contribution is 2.21. The van der Waals surface area contributed by atoms with Crippen LogP contribution in [0.3, 0.4) is 0 Å². The molecule has 0 aromatic heterocycles. The fraction of sp³-hybridized carbons (Fsp3) is 0.263. The van der Waals surface area contributed by atoms with E-state index in [2.05, 4.69) is 5.32 Å². The molecular formula is C19H20FNO4. The molecule has 0 aliphatic carbocycles. The quantitative estimate of drug-likeness (QED) is 0.771. The Bertz CT molecular complexity index is 730. The average Bonchev–Trinajstić information content (AvgIpc) is 2.60. The molecule has 5 nitrogen and oxygen atoms in total. The number of ether oxygens (including phenoxy) is 1. The van der Waals surface area contributed by atoms with E-state index in [0.717, 1.165) is 0 Å². The molecule has 0 saturated carbocycles. The van der Waals surface area contributed by atoms with E-state index in [1.807, 2.05) is 0 Å². The topological polar surface area (TPSA) is 75.6 Å². The Balaban J connectivity index is 2.01. The van der Waals surface area contributed by atoms with E-state index in [4.69, 9.17) is 9.84 Å². The number of nitrogens with one attached hydrogen (secondary N) is 1. The number of methoxy groups -OCH3 is 1. The van der Waals surface area contributed by atoms with E-state index in [1.54, 1.807) is 42.5 Å². The highest BCUT2D eigenvalue weighted by molar-refractivity contribution is 5.78. The van der Waals surface area contributed by atoms with Gasteiger partial charge in [0.1, 0.15) is 11.6 Å². The SMILES string of the molecule is COc1ccc([C@@H](CC(=O)O)NC(=O)CCc2ccccc2F)cc1. The van der Waals surface area contributed by atoms with Crippen molar-refractivity contribution in [3.8, 4) is 5.75 Å². The van der Waals surface area contributed by atoms with Gasteiger partial charge in [-0.3, -0.25) is 9.59 Å². The second-order valence-electron chi connectivity index (χ2n) is 5.58. The van der Waals surface area contributed by atoms with E-state index >= 15 is 0 Å². The van der Waals surface area contributed by atoms with Crippen molar-refractivity contribution >= 4 is 11.9 Å². The molecule has 0 fully saturated rings. The number of benzene rings is 2. The maximum Gasteiger partial charge on any atom is 0.305 e. The first-order valence-electron chi connectivity index (χ1n) is 7.88. The number of hydrogen-bond acceptors (Lipinski definition) is 3. The molecule has 0 saturated heterocycles. The lowest BCUT2D eigenvalue weighted by atomic mass is 10.0. The number of carboxylic acid groups (broad SMARTS) is 1. The lowest BCUT2D eigenvalue weighted by Gasteiger charge is -2.18. The third-order valence-electron chi connectivity index (χ3n) is 3.81. The second kappa shape index (κ2) is 8.82. The van der Waals surface area contributed by atoms with Gasteiger partial charge in [0.05, 0.1) is 19.6 Å². The molecule has 2 aromatic rings. The summed E-state index contributed by atoms with van der Waals surface area (Å²) < 4.78 is 18.7. The molecule has 1 atom stereocenters. The molecular weight excluding hydrogens is 325 g/mol. The first-order chi connectivity index (χ1) is 12.0. The summed E-state index contributed by atoms with van der Waals surface area (Å²) in [6.45, 7) is 0. The van der Waals surface area contributed by atoms with Crippen LogP contribution in [0.5, 0.6) is 5.75 Å². The van der Waals surface area contributed by atoms with Gasteiger partial charge in [-0.1, -0.05) is 30.3 Å². The third kappa shape index (κ3) is 5.60. The van der Waals surface area contributed by atoms with Crippen molar-refractivity contribution in [3.05, 3.63) is 65.5 Å². The molecule has 6 heteroatoms. The predicted molar refractivity (Wildman–Crippen MR) is 90.9 cm³/mol. The Morgan fingerprint density at radius 1 is 1.16 bits per heavy atom. The van der Waals surface area contributed by atoms with Crippen LogP contribution < -0.4 is 10.1 Å². The van der Waals surface area contributed by atoms with Gasteiger partial charge in [-0.2, -0.15) is 0 Å². The summed E-state index contributed by atoms with van der Waals surface area (Å²) in [6.07, 6.45) is 0.0892. The molecule has 2 N–H and O–H groups in total. The molecule has 0 radical (unpaired) electrons. The van der Waals surface area contributed by atoms with Gasteiger partial charge in [-0.25, -0.2) is 4.39 Å². The maximum absolute atomic E-state index is 13.6. The fourth-order valence-corrected chi connectivity index (χ4v) is 2.48. The number of aryl methyl sites for hydroxylation is 1. The van der Waals surface area contributed by atoms with Gasteiger partial charge >= 0.3 is 5.97 Å². The van der Waals surface area contributed by atoms with Crippen LogP contribution in [0, 0.1) is 5.82 Å². The van der Waals surface area contributed by atoms with E-state index < -0.39 is 12.0 Å². The standard InChI is InChI=1S/C19H20FNO4/c1-25-15-9-6-14(7-10-15)17(12-19(23)24)21-18(22)11-8-13-4-2-3-5-16(13)20/h2-7,9-10,17H,8,11-12H2,1H3,(H,21,22)(H,23,24)/t17-/m1/s1. The van der Waals surface area contributed by atoms with Crippen molar-refractivity contribution in [2.75, 3.05) is 7.11 Å². The van der Waals surface area contributed by atoms with Gasteiger partial charge in [0, 0.05) is 6.42 Å². The lowest BCUT2D eigenvalue weighted by Crippen LogP contribution is -2.30. The Morgan fingerprint density at radius 2 is 1.84 bits per heavy atom. The molecule has 0 aliphatic rings. The molecule has 1 amide bonds. The van der Waals surface area contributed by atoms with Crippen LogP contribution in [0.2, 0.25) is 0 Å². The Labute approximate surface area is 145 Å². The summed E-state index contributed by atoms with van der Waals surface area (Å²) in [5, 5.41) is 11.8. The predicted octanol–water partition coefficient (Wildman–Crippen LogP) is 3.10. The first kappa shape index (κ1) is 18.4. The first-order valence-corrected chi connectivity index (χ1v) is 7.88. The number of carbonyl (C=O) groups is 2. The normalized spacial score (nSPS) is 11.6. The molecule has 25 heavy (non-hydrogen) atoms. The Kier molecular flexibility index (Phi) is 6.51. The number of carboxylic acids is 1. The summed E-state index contributed by atoms with van der Waals surface area (Å²) in [7, 11) is 1.54. The molecule has 132 valence electrons. The summed E-state index contributed by atoms with van der Waals surface area (Å²) in [4.78, 5) is 23.3. The van der Waals surface area contributed by atoms with Gasteiger partial charge in [0.2, 0.25) is 5.91 Å². The summed E-state index contributed by atoms with van der Waals surface area (Å²) in [5.41, 5.74) is 1.12. The number of rotatable bonds is 8. The van der Waals surface area contributed by atoms with Gasteiger partial charge in [0.15, 0.2) is 0 Å². The van der Waals surface area contributed by atoms with E-state index in [-0.39, 0.29) is 31.0 Å². The number of carbonyl (C=O) groups excluding carboxylic acids is 1. The van der Waals surface area contributed by atoms with Crippen molar-refractivity contribution in [2.45, 2.75) is 25.3 Å². The smallest absolute Gasteiger partial charge is 0.305 e. The number of amides is 1. The summed E-state index contributed by atoms with van der Waals surface area (Å²) in [5.74, 6) is -1.06. The Hall–Kier alpha value is -2.89. The van der Waals surface area contributed by atoms with Crippen molar-refractivity contribution in [3.63, 3.8) is 0 Å². The molecule has 0 spiro atoms. The van der Waals surface area contributed by atoms with Crippen molar-refractivity contribution < 1.29 is 23.8 Å². The average molecular weight is 345 g/mol. The fourth-order valence-electron chi connectivity index (χ4n) is 2.48. The van der Waals surface area contributed by atoms with E-state index in [0.29, 0.717) is 16.9 Å². The maximum atomic E-state index is 13.6. The molecule has 2 aromatic carbocycles. The van der Waals surface area contributed by atoms with Crippen LogP contribution in [0.25, 0.3) is 0 Å². The van der Waals surface area contributed by atoms with Crippen molar-refractivity contribution in [1.82, 2.24) is 5.32 Å². The van der Waals surface area contributed by atoms with E-state index in [9.17, 15) is 14.0 Å². The van der Waals surface area contributed by atoms with Gasteiger partial charge in [-0.05, 0) is 35.7 Å². The zero-order chi connectivity index (χ0) is 18.2. The largest absolute Gasteiger partial charge is 0.497 e. The van der Waals surface area contributed by atoms with Gasteiger partial charge < -0.3 is 15.2 Å². The van der Waals surface area contributed by atoms with Crippen LogP contribution >= 0.6 is 0 Å². The Morgan fingerprint density at radius 3 is 2.44 bits per heavy atom. The second-order valence-corrected chi connectivity index (χ2v) is 5.58. The zero-order valence-corrected chi connectivity index (χ0v) is 13.9. The summed E-state index contributed by atoms with van der Waals surface area (Å²) in [6, 6.07) is 12.4. The van der Waals surface area contributed by atoms with Crippen molar-refractivity contribution in [2.24, 2.45) is 0 Å². The monoisotopic (exact) mass is 345 g/mol. The number of hydrogen-bond donors (Lipinski definition) is 2. The molecule has 0 unspecified atom stereocenters. The molecule has 0 aliphatic heterocycles. The summed E-state index contributed by atoms with van der Waals surface area (Å²) >= 11 is 0. The minimum atomic E-state index is -1.02. The van der Waals surface area contributed by atoms with Gasteiger partial charge in [-0.15, -0.1) is 0 Å². The van der Waals surface area contributed by atoms with Crippen molar-refractivity contribution in [1.29, 1.82) is 0 Å². The van der Waals surface area contributed by atoms with Crippen LogP contribution in [-0.2, 0) is 16.0 Å². The highest BCUT2D eigenvalue weighted by Gasteiger charge is 2.18. The van der Waals surface area contributed by atoms with E-state index in [1.165, 1.54) is 13.2 Å².